The molecule has 0 saturated carbocycles. The molecule has 0 bridgehead atoms. The first-order chi connectivity index (χ1) is 2.91. The molecule has 0 heterocycles. The van der Waals surface area contributed by atoms with E-state index in [9.17, 15) is 4.79 Å². The number of carbonyl (C=O) groups is 1. The van der Waals surface area contributed by atoms with E-state index in [4.69, 9.17) is 0 Å². The molecule has 0 radical (unpaired) electrons. The molecule has 3 heteroatoms. The van der Waals surface area contributed by atoms with Crippen LogP contribution in [-0.2, 0) is 4.79 Å². The second-order valence-corrected chi connectivity index (χ2v) is 1.24. The van der Waals surface area contributed by atoms with Crippen LogP contribution in [0.3, 0.4) is 0 Å². The topological polar surface area (TPSA) is 17.1 Å². The van der Waals surface area contributed by atoms with Gasteiger partial charge in [-0.2, -0.15) is 0 Å². The molecule has 0 spiro atoms. The Labute approximate surface area is 70.8 Å². The van der Waals surface area contributed by atoms with E-state index in [0.717, 1.165) is 12.7 Å². The van der Waals surface area contributed by atoms with E-state index in [1.807, 2.05) is 0 Å². The Kier molecular flexibility index (Phi) is 15.1. The molecule has 0 fully saturated rings. The summed E-state index contributed by atoms with van der Waals surface area (Å²) in [5, 5.41) is 1.56. The van der Waals surface area contributed by atoms with Crippen LogP contribution in [0.1, 0.15) is 12.8 Å². The molecule has 1 nitrogen and oxygen atoms in total. The van der Waals surface area contributed by atoms with Gasteiger partial charge in [-0.15, -0.1) is 0 Å². The van der Waals surface area contributed by atoms with E-state index in [-0.39, 0.29) is 29.6 Å². The zero-order valence-electron chi connectivity index (χ0n) is 3.39. The van der Waals surface area contributed by atoms with Crippen LogP contribution >= 0.6 is 12.2 Å². The molecule has 0 aromatic heterocycles. The predicted molar refractivity (Wildman–Crippen MR) is 36.1 cm³/mol. The molecule has 0 aliphatic rings. The number of aldehydes is 1. The van der Waals surface area contributed by atoms with E-state index in [0.29, 0.717) is 6.42 Å². The average Bonchev–Trinajstić information content (AvgIpc) is 1.61. The van der Waals surface area contributed by atoms with Crippen LogP contribution in [0.15, 0.2) is 0 Å². The third kappa shape index (κ3) is 10.8. The number of carbonyl (C=O) groups excluding carboxylic acids is 1. The molecule has 0 aromatic carbocycles. The van der Waals surface area contributed by atoms with Crippen LogP contribution < -0.4 is 0 Å². The van der Waals surface area contributed by atoms with Gasteiger partial charge in [0.2, 0.25) is 0 Å². The molecule has 0 aromatic rings. The minimum atomic E-state index is 0. The summed E-state index contributed by atoms with van der Waals surface area (Å²) in [6, 6.07) is 0. The van der Waals surface area contributed by atoms with Gasteiger partial charge in [0.25, 0.3) is 0 Å². The maximum absolute atomic E-state index is 9.50. The van der Waals surface area contributed by atoms with Crippen molar-refractivity contribution in [2.45, 2.75) is 12.8 Å². The summed E-state index contributed by atoms with van der Waals surface area (Å²) in [6.45, 7) is 0. The second-order valence-electron chi connectivity index (χ2n) is 0.911. The van der Waals surface area contributed by atoms with Crippen molar-refractivity contribution < 1.29 is 4.79 Å². The maximum atomic E-state index is 9.50. The van der Waals surface area contributed by atoms with Crippen LogP contribution in [0.4, 0.5) is 0 Å². The van der Waals surface area contributed by atoms with Gasteiger partial charge >= 0.3 is 29.6 Å². The normalized spacial score (nSPS) is 6.29. The van der Waals surface area contributed by atoms with Crippen molar-refractivity contribution in [2.75, 3.05) is 0 Å². The zero-order valence-corrected chi connectivity index (χ0v) is 4.20. The number of unbranched alkanes of at least 4 members (excludes halogenated alkanes) is 1. The molecule has 0 N–H and O–H groups in total. The molecule has 0 saturated heterocycles. The summed E-state index contributed by atoms with van der Waals surface area (Å²) in [5.41, 5.74) is 0. The van der Waals surface area contributed by atoms with Gasteiger partial charge in [0.1, 0.15) is 6.29 Å². The first-order valence-corrected chi connectivity index (χ1v) is 2.26. The summed E-state index contributed by atoms with van der Waals surface area (Å²) in [6.07, 6.45) is 2.17. The fraction of sp³-hybridized carbons (Fsp3) is 0.500. The molecule has 0 unspecified atom stereocenters. The first-order valence-electron chi connectivity index (χ1n) is 1.79. The van der Waals surface area contributed by atoms with Gasteiger partial charge in [-0.3, -0.25) is 0 Å². The minimum absolute atomic E-state index is 0. The van der Waals surface area contributed by atoms with Crippen LogP contribution in [0.25, 0.3) is 0 Å². The van der Waals surface area contributed by atoms with E-state index in [2.05, 4.69) is 12.2 Å². The van der Waals surface area contributed by atoms with E-state index < -0.39 is 0 Å². The molecule has 0 aliphatic heterocycles. The van der Waals surface area contributed by atoms with Gasteiger partial charge in [-0.25, -0.2) is 0 Å². The molecular formula is C4H7NaOS. The summed E-state index contributed by atoms with van der Waals surface area (Å²) >= 11 is 4.43. The standard InChI is InChI=1S/C4H6OS.Na.H/c5-3-1-2-4-6;;/h3-4H,1-2H2;;. The van der Waals surface area contributed by atoms with Gasteiger partial charge in [0.05, 0.1) is 0 Å². The molecule has 0 aliphatic carbocycles. The predicted octanol–water partition coefficient (Wildman–Crippen LogP) is 0.317. The molecular weight excluding hydrogens is 119 g/mol. The van der Waals surface area contributed by atoms with Gasteiger partial charge in [0, 0.05) is 6.42 Å². The fourth-order valence-electron chi connectivity index (χ4n) is 0.136. The molecule has 0 atom stereocenters. The summed E-state index contributed by atoms with van der Waals surface area (Å²) in [4.78, 5) is 9.50. The Morgan fingerprint density at radius 1 is 1.43 bits per heavy atom. The van der Waals surface area contributed by atoms with E-state index in [1.54, 1.807) is 5.37 Å². The Morgan fingerprint density at radius 3 is 2.14 bits per heavy atom. The Balaban J connectivity index is 0. The van der Waals surface area contributed by atoms with Crippen molar-refractivity contribution in [1.82, 2.24) is 0 Å². The molecule has 0 amide bonds. The Hall–Kier alpha value is 0.760. The van der Waals surface area contributed by atoms with Crippen LogP contribution in [0, 0.1) is 0 Å². The summed E-state index contributed by atoms with van der Waals surface area (Å²) in [5.74, 6) is 0. The molecule has 7 heavy (non-hydrogen) atoms. The van der Waals surface area contributed by atoms with Gasteiger partial charge in [-0.05, 0) is 11.8 Å². The van der Waals surface area contributed by atoms with E-state index in [1.165, 1.54) is 0 Å². The Morgan fingerprint density at radius 2 is 2.00 bits per heavy atom. The summed E-state index contributed by atoms with van der Waals surface area (Å²) in [7, 11) is 0. The van der Waals surface area contributed by atoms with Crippen molar-refractivity contribution in [3.05, 3.63) is 0 Å². The van der Waals surface area contributed by atoms with Crippen molar-refractivity contribution in [1.29, 1.82) is 0 Å². The first kappa shape index (κ1) is 10.7. The van der Waals surface area contributed by atoms with Crippen LogP contribution in [-0.4, -0.2) is 41.2 Å². The quantitative estimate of drug-likeness (QED) is 0.234. The van der Waals surface area contributed by atoms with Crippen molar-refractivity contribution in [2.24, 2.45) is 0 Å². The van der Waals surface area contributed by atoms with Gasteiger partial charge < -0.3 is 4.79 Å². The summed E-state index contributed by atoms with van der Waals surface area (Å²) < 4.78 is 0. The van der Waals surface area contributed by atoms with Gasteiger partial charge in [0.15, 0.2) is 0 Å². The SMILES string of the molecule is O=CCCC=S.[NaH]. The number of rotatable bonds is 3. The van der Waals surface area contributed by atoms with Crippen molar-refractivity contribution >= 4 is 53.4 Å². The monoisotopic (exact) mass is 126 g/mol. The van der Waals surface area contributed by atoms with Gasteiger partial charge in [-0.1, -0.05) is 12.2 Å². The van der Waals surface area contributed by atoms with E-state index >= 15 is 0 Å². The fourth-order valence-corrected chi connectivity index (χ4v) is 0.272. The Bertz CT molecular complexity index is 47.7. The average molecular weight is 126 g/mol. The zero-order chi connectivity index (χ0) is 4.83. The third-order valence-corrected chi connectivity index (χ3v) is 0.638. The second kappa shape index (κ2) is 9.90. The number of hydrogen-bond donors (Lipinski definition) is 0. The number of thiocarbonyl (C=S) groups is 1. The number of hydrogen-bond acceptors (Lipinski definition) is 2. The molecule has 0 rings (SSSR count). The van der Waals surface area contributed by atoms with Crippen molar-refractivity contribution in [3.8, 4) is 0 Å². The van der Waals surface area contributed by atoms with Crippen LogP contribution in [0.2, 0.25) is 0 Å². The van der Waals surface area contributed by atoms with Crippen LogP contribution in [0.5, 0.6) is 0 Å². The third-order valence-electron chi connectivity index (χ3n) is 0.402. The molecule has 36 valence electrons. The van der Waals surface area contributed by atoms with Crippen molar-refractivity contribution in [3.63, 3.8) is 0 Å².